The van der Waals surface area contributed by atoms with E-state index in [0.29, 0.717) is 32.8 Å². The molecule has 124 valence electrons. The Kier molecular flexibility index (Phi) is 4.61. The van der Waals surface area contributed by atoms with E-state index < -0.39 is 0 Å². The summed E-state index contributed by atoms with van der Waals surface area (Å²) >= 11 is 0. The largest absolute Gasteiger partial charge is 0.370 e. The van der Waals surface area contributed by atoms with Crippen molar-refractivity contribution in [3.63, 3.8) is 0 Å². The quantitative estimate of drug-likeness (QED) is 0.850. The second kappa shape index (κ2) is 6.66. The van der Waals surface area contributed by atoms with Gasteiger partial charge in [-0.15, -0.1) is 0 Å². The maximum Gasteiger partial charge on any atom is 0.228 e. The first-order valence-electron chi connectivity index (χ1n) is 8.02. The summed E-state index contributed by atoms with van der Waals surface area (Å²) in [5.74, 6) is -0.539. The highest BCUT2D eigenvalue weighted by atomic mass is 19.1. The number of rotatable bonds is 3. The van der Waals surface area contributed by atoms with Crippen LogP contribution < -0.4 is 0 Å². The topological polar surface area (TPSA) is 49.9 Å². The second-order valence-electron chi connectivity index (χ2n) is 6.03. The van der Waals surface area contributed by atoms with Crippen LogP contribution in [0.3, 0.4) is 0 Å². The lowest BCUT2D eigenvalue weighted by molar-refractivity contribution is -0.143. The Labute approximate surface area is 135 Å². The number of morpholine rings is 1. The average Bonchev–Trinajstić information content (AvgIpc) is 2.95. The maximum absolute atomic E-state index is 13.4. The van der Waals surface area contributed by atoms with Gasteiger partial charge in [-0.3, -0.25) is 9.59 Å². The zero-order valence-corrected chi connectivity index (χ0v) is 13.2. The van der Waals surface area contributed by atoms with Crippen LogP contribution in [0, 0.1) is 11.7 Å². The minimum atomic E-state index is -0.317. The molecule has 23 heavy (non-hydrogen) atoms. The third kappa shape index (κ3) is 3.37. The van der Waals surface area contributed by atoms with Crippen molar-refractivity contribution in [2.45, 2.75) is 19.4 Å². The molecule has 3 rings (SSSR count). The Morgan fingerprint density at radius 3 is 2.91 bits per heavy atom. The fourth-order valence-corrected chi connectivity index (χ4v) is 3.26. The fourth-order valence-electron chi connectivity index (χ4n) is 3.26. The number of hydrogen-bond acceptors (Lipinski definition) is 3. The Hall–Kier alpha value is -1.95. The standard InChI is InChI=1S/C17H21FN2O3/c1-2-19-10-13(9-16(19)21)17(22)20-6-7-23-15(11-20)12-4-3-5-14(18)8-12/h3-5,8,13,15H,2,6-7,9-11H2,1H3/t13-,15+/m1/s1. The summed E-state index contributed by atoms with van der Waals surface area (Å²) in [6, 6.07) is 6.28. The Balaban J connectivity index is 1.67. The van der Waals surface area contributed by atoms with Gasteiger partial charge in [0.25, 0.3) is 0 Å². The average molecular weight is 320 g/mol. The molecule has 0 unspecified atom stereocenters. The highest BCUT2D eigenvalue weighted by Crippen LogP contribution is 2.26. The van der Waals surface area contributed by atoms with E-state index in [0.717, 1.165) is 5.56 Å². The van der Waals surface area contributed by atoms with Crippen LogP contribution in [0.25, 0.3) is 0 Å². The zero-order chi connectivity index (χ0) is 16.4. The van der Waals surface area contributed by atoms with Gasteiger partial charge in [0.05, 0.1) is 19.1 Å². The number of likely N-dealkylation sites (tertiary alicyclic amines) is 1. The van der Waals surface area contributed by atoms with Gasteiger partial charge in [0.1, 0.15) is 11.9 Å². The SMILES string of the molecule is CCN1C[C@H](C(=O)N2CCO[C@H](c3cccc(F)c3)C2)CC1=O. The first-order chi connectivity index (χ1) is 11.1. The van der Waals surface area contributed by atoms with E-state index in [2.05, 4.69) is 0 Å². The zero-order valence-electron chi connectivity index (χ0n) is 13.2. The number of carbonyl (C=O) groups excluding carboxylic acids is 2. The molecule has 2 amide bonds. The van der Waals surface area contributed by atoms with Crippen molar-refractivity contribution in [1.82, 2.24) is 9.80 Å². The third-order valence-electron chi connectivity index (χ3n) is 4.54. The molecule has 0 aromatic heterocycles. The molecule has 2 aliphatic heterocycles. The first-order valence-corrected chi connectivity index (χ1v) is 8.02. The Bertz CT molecular complexity index is 607. The molecule has 2 atom stereocenters. The van der Waals surface area contributed by atoms with Crippen LogP contribution in [-0.4, -0.2) is 54.4 Å². The minimum absolute atomic E-state index is 0.000923. The molecule has 6 heteroatoms. The van der Waals surface area contributed by atoms with Crippen LogP contribution in [0.5, 0.6) is 0 Å². The Morgan fingerprint density at radius 1 is 1.39 bits per heavy atom. The highest BCUT2D eigenvalue weighted by Gasteiger charge is 2.37. The number of hydrogen-bond donors (Lipinski definition) is 0. The van der Waals surface area contributed by atoms with E-state index in [9.17, 15) is 14.0 Å². The molecular weight excluding hydrogens is 299 g/mol. The highest BCUT2D eigenvalue weighted by molar-refractivity contribution is 5.89. The van der Waals surface area contributed by atoms with Crippen LogP contribution >= 0.6 is 0 Å². The van der Waals surface area contributed by atoms with E-state index in [1.807, 2.05) is 6.92 Å². The number of nitrogens with zero attached hydrogens (tertiary/aromatic N) is 2. The van der Waals surface area contributed by atoms with Crippen molar-refractivity contribution in [3.05, 3.63) is 35.6 Å². The number of carbonyl (C=O) groups is 2. The van der Waals surface area contributed by atoms with Crippen LogP contribution in [-0.2, 0) is 14.3 Å². The van der Waals surface area contributed by atoms with Crippen molar-refractivity contribution in [2.24, 2.45) is 5.92 Å². The molecule has 2 heterocycles. The normalized spacial score (nSPS) is 25.0. The summed E-state index contributed by atoms with van der Waals surface area (Å²) in [6.07, 6.45) is -0.0305. The second-order valence-corrected chi connectivity index (χ2v) is 6.03. The molecule has 2 fully saturated rings. The molecule has 1 aromatic rings. The Morgan fingerprint density at radius 2 is 2.22 bits per heavy atom. The molecular formula is C17H21FN2O3. The van der Waals surface area contributed by atoms with Crippen LogP contribution in [0.15, 0.2) is 24.3 Å². The smallest absolute Gasteiger partial charge is 0.228 e. The van der Waals surface area contributed by atoms with Gasteiger partial charge in [-0.2, -0.15) is 0 Å². The molecule has 0 radical (unpaired) electrons. The van der Waals surface area contributed by atoms with Gasteiger partial charge in [-0.25, -0.2) is 4.39 Å². The van der Waals surface area contributed by atoms with Gasteiger partial charge in [-0.1, -0.05) is 12.1 Å². The van der Waals surface area contributed by atoms with E-state index in [1.165, 1.54) is 12.1 Å². The van der Waals surface area contributed by atoms with Crippen molar-refractivity contribution in [3.8, 4) is 0 Å². The summed E-state index contributed by atoms with van der Waals surface area (Å²) in [4.78, 5) is 27.9. The van der Waals surface area contributed by atoms with E-state index in [-0.39, 0.29) is 36.1 Å². The molecule has 0 N–H and O–H groups in total. The number of amides is 2. The summed E-state index contributed by atoms with van der Waals surface area (Å²) < 4.78 is 19.1. The summed E-state index contributed by atoms with van der Waals surface area (Å²) in [6.45, 7) is 4.39. The molecule has 2 saturated heterocycles. The lowest BCUT2D eigenvalue weighted by Crippen LogP contribution is -2.45. The van der Waals surface area contributed by atoms with Gasteiger partial charge in [-0.05, 0) is 24.6 Å². The van der Waals surface area contributed by atoms with Crippen LogP contribution in [0.2, 0.25) is 0 Å². The predicted molar refractivity (Wildman–Crippen MR) is 82.0 cm³/mol. The van der Waals surface area contributed by atoms with Crippen molar-refractivity contribution in [1.29, 1.82) is 0 Å². The lowest BCUT2D eigenvalue weighted by Gasteiger charge is -2.34. The molecule has 5 nitrogen and oxygen atoms in total. The van der Waals surface area contributed by atoms with Crippen molar-refractivity contribution in [2.75, 3.05) is 32.8 Å². The van der Waals surface area contributed by atoms with Crippen LogP contribution in [0.1, 0.15) is 25.0 Å². The molecule has 0 spiro atoms. The molecule has 0 aliphatic carbocycles. The third-order valence-corrected chi connectivity index (χ3v) is 4.54. The van der Waals surface area contributed by atoms with Gasteiger partial charge < -0.3 is 14.5 Å². The number of benzene rings is 1. The van der Waals surface area contributed by atoms with E-state index >= 15 is 0 Å². The molecule has 2 aliphatic rings. The predicted octanol–water partition coefficient (Wildman–Crippen LogP) is 1.59. The monoisotopic (exact) mass is 320 g/mol. The summed E-state index contributed by atoms with van der Waals surface area (Å²) in [5.41, 5.74) is 0.736. The van der Waals surface area contributed by atoms with E-state index in [1.54, 1.807) is 21.9 Å². The molecule has 1 aromatic carbocycles. The van der Waals surface area contributed by atoms with Gasteiger partial charge >= 0.3 is 0 Å². The fraction of sp³-hybridized carbons (Fsp3) is 0.529. The number of ether oxygens (including phenoxy) is 1. The summed E-state index contributed by atoms with van der Waals surface area (Å²) in [5, 5.41) is 0. The van der Waals surface area contributed by atoms with Crippen molar-refractivity contribution < 1.29 is 18.7 Å². The molecule has 0 saturated carbocycles. The van der Waals surface area contributed by atoms with Crippen molar-refractivity contribution >= 4 is 11.8 Å². The van der Waals surface area contributed by atoms with Gasteiger partial charge in [0, 0.05) is 26.1 Å². The maximum atomic E-state index is 13.4. The minimum Gasteiger partial charge on any atom is -0.370 e. The first kappa shape index (κ1) is 15.9. The van der Waals surface area contributed by atoms with Crippen LogP contribution in [0.4, 0.5) is 4.39 Å². The lowest BCUT2D eigenvalue weighted by atomic mass is 10.0. The molecule has 0 bridgehead atoms. The summed E-state index contributed by atoms with van der Waals surface area (Å²) in [7, 11) is 0. The number of halogens is 1. The van der Waals surface area contributed by atoms with E-state index in [4.69, 9.17) is 4.74 Å². The van der Waals surface area contributed by atoms with Gasteiger partial charge in [0.2, 0.25) is 11.8 Å². The van der Waals surface area contributed by atoms with Gasteiger partial charge in [0.15, 0.2) is 0 Å².